The summed E-state index contributed by atoms with van der Waals surface area (Å²) in [5, 5.41) is 2.88. The van der Waals surface area contributed by atoms with Crippen LogP contribution in [0.5, 0.6) is 0 Å². The molecular formula is C18H21N3O3. The second-order valence-electron chi connectivity index (χ2n) is 6.38. The summed E-state index contributed by atoms with van der Waals surface area (Å²) in [6.45, 7) is 1.79. The third-order valence-electron chi connectivity index (χ3n) is 4.82. The molecule has 4 rings (SSSR count). The summed E-state index contributed by atoms with van der Waals surface area (Å²) in [6, 6.07) is 7.92. The minimum atomic E-state index is -0.380. The first-order chi connectivity index (χ1) is 11.8. The summed E-state index contributed by atoms with van der Waals surface area (Å²) < 4.78 is 11.5. The van der Waals surface area contributed by atoms with E-state index in [0.29, 0.717) is 11.7 Å². The van der Waals surface area contributed by atoms with Gasteiger partial charge in [0.2, 0.25) is 0 Å². The number of nitrogens with zero attached hydrogens (tertiary/aromatic N) is 2. The Hall–Kier alpha value is -2.18. The number of anilines is 1. The molecule has 1 N–H and O–H groups in total. The molecule has 3 atom stereocenters. The lowest BCUT2D eigenvalue weighted by molar-refractivity contribution is -0.138. The molecule has 0 bridgehead atoms. The maximum Gasteiger partial charge on any atom is 0.253 e. The number of rotatable bonds is 4. The van der Waals surface area contributed by atoms with Crippen molar-refractivity contribution in [3.8, 4) is 0 Å². The van der Waals surface area contributed by atoms with Crippen molar-refractivity contribution in [1.29, 1.82) is 0 Å². The van der Waals surface area contributed by atoms with Crippen LogP contribution in [0.1, 0.15) is 25.0 Å². The van der Waals surface area contributed by atoms with Crippen LogP contribution >= 0.6 is 0 Å². The fraction of sp³-hybridized carbons (Fsp3) is 0.444. The SMILES string of the molecule is O=C(Nc1cccnc1)[C@@H]1CC[C@@H]2[C@@H](CCN2Cc2ccco2)O1. The normalized spacial score (nSPS) is 26.9. The molecule has 1 amide bonds. The minimum Gasteiger partial charge on any atom is -0.468 e. The summed E-state index contributed by atoms with van der Waals surface area (Å²) in [4.78, 5) is 18.8. The van der Waals surface area contributed by atoms with Crippen LogP contribution in [0.4, 0.5) is 5.69 Å². The van der Waals surface area contributed by atoms with Crippen LogP contribution in [0.15, 0.2) is 47.3 Å². The predicted octanol–water partition coefficient (Wildman–Crippen LogP) is 2.44. The summed E-state index contributed by atoms with van der Waals surface area (Å²) in [6.07, 6.45) is 7.45. The lowest BCUT2D eigenvalue weighted by Crippen LogP contribution is -2.46. The molecule has 6 heteroatoms. The van der Waals surface area contributed by atoms with Gasteiger partial charge in [-0.15, -0.1) is 0 Å². The molecule has 2 saturated heterocycles. The molecule has 0 saturated carbocycles. The van der Waals surface area contributed by atoms with E-state index in [1.165, 1.54) is 0 Å². The highest BCUT2D eigenvalue weighted by atomic mass is 16.5. The first-order valence-corrected chi connectivity index (χ1v) is 8.42. The molecule has 4 heterocycles. The van der Waals surface area contributed by atoms with E-state index in [-0.39, 0.29) is 18.1 Å². The van der Waals surface area contributed by atoms with Gasteiger partial charge in [-0.05, 0) is 43.5 Å². The maximum atomic E-state index is 12.4. The van der Waals surface area contributed by atoms with Gasteiger partial charge in [-0.3, -0.25) is 14.7 Å². The standard InChI is InChI=1S/C18H21N3O3/c22-18(20-13-3-1-8-19-11-13)17-6-5-15-16(24-17)7-9-21(15)12-14-4-2-10-23-14/h1-4,8,10-11,15-17H,5-7,9,12H2,(H,20,22)/t15-,16-,17+/m1/s1. The Morgan fingerprint density at radius 1 is 1.29 bits per heavy atom. The average Bonchev–Trinajstić information content (AvgIpc) is 3.26. The fourth-order valence-corrected chi connectivity index (χ4v) is 3.67. The number of hydrogen-bond acceptors (Lipinski definition) is 5. The molecule has 6 nitrogen and oxygen atoms in total. The Labute approximate surface area is 140 Å². The number of fused-ring (bicyclic) bond motifs is 1. The number of carbonyl (C=O) groups excluding carboxylic acids is 1. The zero-order valence-electron chi connectivity index (χ0n) is 13.4. The molecule has 2 aromatic rings. The zero-order chi connectivity index (χ0) is 16.4. The van der Waals surface area contributed by atoms with E-state index in [2.05, 4.69) is 15.2 Å². The van der Waals surface area contributed by atoms with E-state index in [0.717, 1.165) is 38.1 Å². The van der Waals surface area contributed by atoms with Gasteiger partial charge in [-0.1, -0.05) is 0 Å². The van der Waals surface area contributed by atoms with Gasteiger partial charge in [-0.2, -0.15) is 0 Å². The summed E-state index contributed by atoms with van der Waals surface area (Å²) in [5.74, 6) is 0.901. The van der Waals surface area contributed by atoms with Crippen LogP contribution in [0.3, 0.4) is 0 Å². The molecule has 0 radical (unpaired) electrons. The number of likely N-dealkylation sites (tertiary alicyclic amines) is 1. The second kappa shape index (κ2) is 6.75. The number of aromatic nitrogens is 1. The minimum absolute atomic E-state index is 0.0778. The van der Waals surface area contributed by atoms with Crippen molar-refractivity contribution in [3.05, 3.63) is 48.7 Å². The molecule has 0 aromatic carbocycles. The first-order valence-electron chi connectivity index (χ1n) is 8.42. The van der Waals surface area contributed by atoms with Gasteiger partial charge in [-0.25, -0.2) is 0 Å². The maximum absolute atomic E-state index is 12.4. The Bertz CT molecular complexity index is 674. The molecule has 2 aliphatic heterocycles. The monoisotopic (exact) mass is 327 g/mol. The smallest absolute Gasteiger partial charge is 0.253 e. The van der Waals surface area contributed by atoms with Crippen LogP contribution < -0.4 is 5.32 Å². The number of pyridine rings is 1. The lowest BCUT2D eigenvalue weighted by atomic mass is 9.98. The van der Waals surface area contributed by atoms with Crippen LogP contribution in [0.2, 0.25) is 0 Å². The van der Waals surface area contributed by atoms with Crippen molar-refractivity contribution in [3.63, 3.8) is 0 Å². The van der Waals surface area contributed by atoms with Crippen LogP contribution in [0, 0.1) is 0 Å². The van der Waals surface area contributed by atoms with E-state index in [4.69, 9.17) is 9.15 Å². The second-order valence-corrected chi connectivity index (χ2v) is 6.38. The number of furan rings is 1. The largest absolute Gasteiger partial charge is 0.468 e. The van der Waals surface area contributed by atoms with Gasteiger partial charge in [0.1, 0.15) is 11.9 Å². The van der Waals surface area contributed by atoms with Crippen molar-refractivity contribution >= 4 is 11.6 Å². The molecule has 126 valence electrons. The molecule has 0 spiro atoms. The number of amides is 1. The quantitative estimate of drug-likeness (QED) is 0.934. The molecule has 0 aliphatic carbocycles. The van der Waals surface area contributed by atoms with Gasteiger partial charge < -0.3 is 14.5 Å². The van der Waals surface area contributed by atoms with Crippen LogP contribution in [-0.2, 0) is 16.1 Å². The Balaban J connectivity index is 1.34. The molecule has 2 aromatic heterocycles. The van der Waals surface area contributed by atoms with Crippen molar-refractivity contribution in [2.75, 3.05) is 11.9 Å². The van der Waals surface area contributed by atoms with Crippen molar-refractivity contribution in [1.82, 2.24) is 9.88 Å². The molecule has 2 fully saturated rings. The number of ether oxygens (including phenoxy) is 1. The van der Waals surface area contributed by atoms with E-state index >= 15 is 0 Å². The number of nitrogens with one attached hydrogen (secondary N) is 1. The van der Waals surface area contributed by atoms with Gasteiger partial charge in [0.15, 0.2) is 0 Å². The first kappa shape index (κ1) is 15.4. The van der Waals surface area contributed by atoms with Crippen molar-refractivity contribution < 1.29 is 13.9 Å². The average molecular weight is 327 g/mol. The van der Waals surface area contributed by atoms with Crippen LogP contribution in [0.25, 0.3) is 0 Å². The lowest BCUT2D eigenvalue weighted by Gasteiger charge is -2.35. The number of carbonyl (C=O) groups is 1. The predicted molar refractivity (Wildman–Crippen MR) is 88.3 cm³/mol. The van der Waals surface area contributed by atoms with Gasteiger partial charge >= 0.3 is 0 Å². The number of hydrogen-bond donors (Lipinski definition) is 1. The van der Waals surface area contributed by atoms with Gasteiger partial charge in [0.05, 0.1) is 30.8 Å². The van der Waals surface area contributed by atoms with Crippen molar-refractivity contribution in [2.24, 2.45) is 0 Å². The molecular weight excluding hydrogens is 306 g/mol. The van der Waals surface area contributed by atoms with Crippen molar-refractivity contribution in [2.45, 2.75) is 44.1 Å². The van der Waals surface area contributed by atoms with Gasteiger partial charge in [0.25, 0.3) is 5.91 Å². The van der Waals surface area contributed by atoms with Crippen LogP contribution in [-0.4, -0.2) is 40.6 Å². The van der Waals surface area contributed by atoms with E-state index in [1.54, 1.807) is 24.7 Å². The highest BCUT2D eigenvalue weighted by Gasteiger charge is 2.41. The zero-order valence-corrected chi connectivity index (χ0v) is 13.4. The molecule has 0 unspecified atom stereocenters. The van der Waals surface area contributed by atoms with E-state index < -0.39 is 0 Å². The molecule has 24 heavy (non-hydrogen) atoms. The Kier molecular flexibility index (Phi) is 4.32. The Morgan fingerprint density at radius 3 is 3.04 bits per heavy atom. The third-order valence-corrected chi connectivity index (χ3v) is 4.82. The topological polar surface area (TPSA) is 67.6 Å². The Morgan fingerprint density at radius 2 is 2.25 bits per heavy atom. The van der Waals surface area contributed by atoms with E-state index in [9.17, 15) is 4.79 Å². The fourth-order valence-electron chi connectivity index (χ4n) is 3.67. The third kappa shape index (κ3) is 3.20. The molecule has 2 aliphatic rings. The highest BCUT2D eigenvalue weighted by molar-refractivity contribution is 5.94. The summed E-state index contributed by atoms with van der Waals surface area (Å²) >= 11 is 0. The summed E-state index contributed by atoms with van der Waals surface area (Å²) in [7, 11) is 0. The van der Waals surface area contributed by atoms with E-state index in [1.807, 2.05) is 18.2 Å². The summed E-state index contributed by atoms with van der Waals surface area (Å²) in [5.41, 5.74) is 0.707. The highest BCUT2D eigenvalue weighted by Crippen LogP contribution is 2.32. The van der Waals surface area contributed by atoms with Gasteiger partial charge in [0, 0.05) is 18.8 Å².